The second-order valence-electron chi connectivity index (χ2n) is 4.77. The Bertz CT molecular complexity index is 117. The molecule has 14 heavy (non-hydrogen) atoms. The zero-order valence-electron chi connectivity index (χ0n) is 11.0. The van der Waals surface area contributed by atoms with Gasteiger partial charge in [-0.05, 0) is 17.8 Å². The Morgan fingerprint density at radius 3 is 1.86 bits per heavy atom. The molecule has 0 aromatic carbocycles. The van der Waals surface area contributed by atoms with Gasteiger partial charge in [-0.3, -0.25) is 0 Å². The fraction of sp³-hybridized carbons (Fsp3) is 1.00. The summed E-state index contributed by atoms with van der Waals surface area (Å²) < 4.78 is 0. The maximum Gasteiger partial charge on any atom is -0.0363 e. The molecule has 0 aliphatic carbocycles. The topological polar surface area (TPSA) is 0 Å². The van der Waals surface area contributed by atoms with Crippen LogP contribution < -0.4 is 0 Å². The van der Waals surface area contributed by atoms with Gasteiger partial charge in [0.05, 0.1) is 0 Å². The molecule has 0 amide bonds. The van der Waals surface area contributed by atoms with E-state index in [0.29, 0.717) is 0 Å². The summed E-state index contributed by atoms with van der Waals surface area (Å²) in [6, 6.07) is 0. The van der Waals surface area contributed by atoms with Crippen LogP contribution >= 0.6 is 0 Å². The van der Waals surface area contributed by atoms with E-state index in [1.807, 2.05) is 0 Å². The molecule has 0 fully saturated rings. The molecule has 3 unspecified atom stereocenters. The third-order valence-corrected chi connectivity index (χ3v) is 3.90. The van der Waals surface area contributed by atoms with E-state index in [1.165, 1.54) is 38.5 Å². The Labute approximate surface area is 91.5 Å². The van der Waals surface area contributed by atoms with Crippen molar-refractivity contribution in [3.05, 3.63) is 0 Å². The minimum atomic E-state index is 0.918. The van der Waals surface area contributed by atoms with Crippen LogP contribution in [0.4, 0.5) is 0 Å². The van der Waals surface area contributed by atoms with Crippen molar-refractivity contribution >= 4 is 0 Å². The summed E-state index contributed by atoms with van der Waals surface area (Å²) in [6.07, 6.45) is 8.33. The lowest BCUT2D eigenvalue weighted by Crippen LogP contribution is -2.20. The van der Waals surface area contributed by atoms with Gasteiger partial charge in [-0.1, -0.05) is 73.1 Å². The fourth-order valence-corrected chi connectivity index (χ4v) is 2.69. The summed E-state index contributed by atoms with van der Waals surface area (Å²) in [5, 5.41) is 0. The average Bonchev–Trinajstić information content (AvgIpc) is 2.23. The van der Waals surface area contributed by atoms with Crippen LogP contribution in [0.5, 0.6) is 0 Å². The molecule has 0 radical (unpaired) electrons. The van der Waals surface area contributed by atoms with Crippen LogP contribution in [0.1, 0.15) is 73.1 Å². The molecule has 0 aliphatic rings. The van der Waals surface area contributed by atoms with Crippen molar-refractivity contribution < 1.29 is 0 Å². The molecule has 0 heteroatoms. The van der Waals surface area contributed by atoms with E-state index in [9.17, 15) is 0 Å². The molecular formula is C14H30. The molecule has 0 saturated heterocycles. The van der Waals surface area contributed by atoms with E-state index < -0.39 is 0 Å². The smallest absolute Gasteiger partial charge is 0.0363 e. The second-order valence-corrected chi connectivity index (χ2v) is 4.77. The third kappa shape index (κ3) is 4.48. The molecule has 86 valence electrons. The third-order valence-electron chi connectivity index (χ3n) is 3.90. The number of unbranched alkanes of at least 4 members (excludes halogenated alkanes) is 1. The first-order valence-electron chi connectivity index (χ1n) is 6.71. The van der Waals surface area contributed by atoms with Gasteiger partial charge < -0.3 is 0 Å². The van der Waals surface area contributed by atoms with Crippen molar-refractivity contribution in [2.75, 3.05) is 0 Å². The number of hydrogen-bond acceptors (Lipinski definition) is 0. The van der Waals surface area contributed by atoms with Crippen molar-refractivity contribution in [2.45, 2.75) is 73.1 Å². The van der Waals surface area contributed by atoms with Gasteiger partial charge in [-0.15, -0.1) is 0 Å². The summed E-state index contributed by atoms with van der Waals surface area (Å²) in [4.78, 5) is 0. The summed E-state index contributed by atoms with van der Waals surface area (Å²) in [5.74, 6) is 2.87. The Balaban J connectivity index is 4.13. The molecule has 0 N–H and O–H groups in total. The highest BCUT2D eigenvalue weighted by Gasteiger charge is 2.22. The van der Waals surface area contributed by atoms with Gasteiger partial charge in [-0.25, -0.2) is 0 Å². The van der Waals surface area contributed by atoms with E-state index in [4.69, 9.17) is 0 Å². The molecule has 0 aromatic heterocycles. The lowest BCUT2D eigenvalue weighted by molar-refractivity contribution is 0.205. The van der Waals surface area contributed by atoms with Gasteiger partial charge in [0, 0.05) is 0 Å². The molecule has 0 aromatic rings. The SMILES string of the molecule is CCCCC(CC)C(CC)C(C)CC. The van der Waals surface area contributed by atoms with Gasteiger partial charge in [0.2, 0.25) is 0 Å². The molecule has 0 rings (SSSR count). The van der Waals surface area contributed by atoms with E-state index in [0.717, 1.165) is 17.8 Å². The first-order valence-corrected chi connectivity index (χ1v) is 6.71. The monoisotopic (exact) mass is 198 g/mol. The molecular weight excluding hydrogens is 168 g/mol. The Hall–Kier alpha value is 0. The maximum atomic E-state index is 2.43. The van der Waals surface area contributed by atoms with Crippen LogP contribution in [0, 0.1) is 17.8 Å². The Morgan fingerprint density at radius 2 is 1.50 bits per heavy atom. The fourth-order valence-electron chi connectivity index (χ4n) is 2.69. The second kappa shape index (κ2) is 8.32. The van der Waals surface area contributed by atoms with E-state index in [2.05, 4.69) is 34.6 Å². The molecule has 0 spiro atoms. The summed E-state index contributed by atoms with van der Waals surface area (Å²) in [7, 11) is 0. The number of hydrogen-bond donors (Lipinski definition) is 0. The summed E-state index contributed by atoms with van der Waals surface area (Å²) >= 11 is 0. The van der Waals surface area contributed by atoms with Crippen LogP contribution in [0.3, 0.4) is 0 Å². The van der Waals surface area contributed by atoms with Crippen LogP contribution in [0.2, 0.25) is 0 Å². The normalized spacial score (nSPS) is 17.8. The van der Waals surface area contributed by atoms with E-state index in [-0.39, 0.29) is 0 Å². The largest absolute Gasteiger partial charge is 0.0654 e. The van der Waals surface area contributed by atoms with Crippen LogP contribution in [0.15, 0.2) is 0 Å². The highest BCUT2D eigenvalue weighted by Crippen LogP contribution is 2.32. The van der Waals surface area contributed by atoms with Crippen LogP contribution in [-0.4, -0.2) is 0 Å². The van der Waals surface area contributed by atoms with Crippen molar-refractivity contribution in [1.82, 2.24) is 0 Å². The summed E-state index contributed by atoms with van der Waals surface area (Å²) in [6.45, 7) is 11.8. The molecule has 0 saturated carbocycles. The van der Waals surface area contributed by atoms with Gasteiger partial charge >= 0.3 is 0 Å². The predicted molar refractivity (Wildman–Crippen MR) is 66.5 cm³/mol. The Morgan fingerprint density at radius 1 is 0.857 bits per heavy atom. The summed E-state index contributed by atoms with van der Waals surface area (Å²) in [5.41, 5.74) is 0. The van der Waals surface area contributed by atoms with Crippen molar-refractivity contribution in [3.63, 3.8) is 0 Å². The Kier molecular flexibility index (Phi) is 8.32. The van der Waals surface area contributed by atoms with Crippen molar-refractivity contribution in [3.8, 4) is 0 Å². The predicted octanol–water partition coefficient (Wildman–Crippen LogP) is 5.28. The molecule has 0 nitrogen and oxygen atoms in total. The molecule has 0 heterocycles. The van der Waals surface area contributed by atoms with E-state index >= 15 is 0 Å². The minimum absolute atomic E-state index is 0.918. The van der Waals surface area contributed by atoms with Crippen LogP contribution in [0.25, 0.3) is 0 Å². The quantitative estimate of drug-likeness (QED) is 0.498. The zero-order valence-corrected chi connectivity index (χ0v) is 11.0. The number of rotatable bonds is 8. The maximum absolute atomic E-state index is 2.43. The van der Waals surface area contributed by atoms with Crippen molar-refractivity contribution in [2.24, 2.45) is 17.8 Å². The zero-order chi connectivity index (χ0) is 11.0. The standard InChI is InChI=1S/C14H30/c1-6-10-11-13(8-3)14(9-4)12(5)7-2/h12-14H,6-11H2,1-5H3. The lowest BCUT2D eigenvalue weighted by Gasteiger charge is -2.30. The minimum Gasteiger partial charge on any atom is -0.0654 e. The van der Waals surface area contributed by atoms with E-state index in [1.54, 1.807) is 0 Å². The highest BCUT2D eigenvalue weighted by molar-refractivity contribution is 4.72. The van der Waals surface area contributed by atoms with Gasteiger partial charge in [0.1, 0.15) is 0 Å². The van der Waals surface area contributed by atoms with Gasteiger partial charge in [-0.2, -0.15) is 0 Å². The van der Waals surface area contributed by atoms with Crippen LogP contribution in [-0.2, 0) is 0 Å². The van der Waals surface area contributed by atoms with Crippen molar-refractivity contribution in [1.29, 1.82) is 0 Å². The average molecular weight is 198 g/mol. The molecule has 0 bridgehead atoms. The van der Waals surface area contributed by atoms with Gasteiger partial charge in [0.15, 0.2) is 0 Å². The highest BCUT2D eigenvalue weighted by atomic mass is 14.3. The first kappa shape index (κ1) is 14.0. The lowest BCUT2D eigenvalue weighted by atomic mass is 9.76. The molecule has 0 aliphatic heterocycles. The molecule has 3 atom stereocenters. The first-order chi connectivity index (χ1) is 6.71. The van der Waals surface area contributed by atoms with Gasteiger partial charge in [0.25, 0.3) is 0 Å².